The van der Waals surface area contributed by atoms with E-state index in [2.05, 4.69) is 10.1 Å². The summed E-state index contributed by atoms with van der Waals surface area (Å²) in [5.74, 6) is 0.517. The molecule has 0 bridgehead atoms. The Bertz CT molecular complexity index is 918. The average molecular weight is 315 g/mol. The zero-order chi connectivity index (χ0) is 15.7. The first-order valence-electron chi connectivity index (χ1n) is 6.47. The molecule has 7 heteroatoms. The van der Waals surface area contributed by atoms with E-state index in [4.69, 9.17) is 9.66 Å². The van der Waals surface area contributed by atoms with Crippen LogP contribution in [-0.4, -0.2) is 18.6 Å². The van der Waals surface area contributed by atoms with E-state index in [9.17, 15) is 8.42 Å². The predicted molar refractivity (Wildman–Crippen MR) is 81.3 cm³/mol. The molecule has 0 spiro atoms. The first-order chi connectivity index (χ1) is 10.5. The van der Waals surface area contributed by atoms with Crippen LogP contribution in [0.5, 0.6) is 0 Å². The summed E-state index contributed by atoms with van der Waals surface area (Å²) in [4.78, 5) is 4.00. The lowest BCUT2D eigenvalue weighted by atomic mass is 10.00. The van der Waals surface area contributed by atoms with E-state index in [0.29, 0.717) is 22.6 Å². The highest BCUT2D eigenvalue weighted by molar-refractivity contribution is 7.89. The highest BCUT2D eigenvalue weighted by atomic mass is 32.2. The van der Waals surface area contributed by atoms with Crippen LogP contribution in [0.25, 0.3) is 22.4 Å². The number of sulfonamides is 1. The summed E-state index contributed by atoms with van der Waals surface area (Å²) in [5, 5.41) is 9.36. The van der Waals surface area contributed by atoms with Crippen molar-refractivity contribution in [2.45, 2.75) is 11.8 Å². The van der Waals surface area contributed by atoms with Gasteiger partial charge in [-0.05, 0) is 25.1 Å². The van der Waals surface area contributed by atoms with Crippen LogP contribution in [-0.2, 0) is 10.0 Å². The van der Waals surface area contributed by atoms with Crippen molar-refractivity contribution >= 4 is 10.0 Å². The van der Waals surface area contributed by atoms with Crippen LogP contribution in [0.4, 0.5) is 0 Å². The molecule has 2 N–H and O–H groups in total. The van der Waals surface area contributed by atoms with Gasteiger partial charge in [0.2, 0.25) is 10.0 Å². The maximum atomic E-state index is 11.8. The normalized spacial score (nSPS) is 11.5. The Balaban J connectivity index is 2.30. The summed E-state index contributed by atoms with van der Waals surface area (Å²) < 4.78 is 28.9. The molecule has 0 aliphatic rings. The number of aryl methyl sites for hydroxylation is 1. The van der Waals surface area contributed by atoms with E-state index in [0.717, 1.165) is 5.56 Å². The minimum absolute atomic E-state index is 0.0385. The lowest BCUT2D eigenvalue weighted by Gasteiger charge is -2.08. The Labute approximate surface area is 127 Å². The lowest BCUT2D eigenvalue weighted by molar-refractivity contribution is 0.400. The van der Waals surface area contributed by atoms with Crippen LogP contribution in [0.3, 0.4) is 0 Å². The van der Waals surface area contributed by atoms with Gasteiger partial charge in [-0.1, -0.05) is 23.4 Å². The third-order valence-electron chi connectivity index (χ3n) is 3.28. The molecule has 0 amide bonds. The van der Waals surface area contributed by atoms with Gasteiger partial charge in [0, 0.05) is 23.5 Å². The molecule has 1 aromatic carbocycles. The van der Waals surface area contributed by atoms with E-state index in [1.54, 1.807) is 49.6 Å². The molecule has 2 aromatic heterocycles. The van der Waals surface area contributed by atoms with Gasteiger partial charge in [0.1, 0.15) is 11.5 Å². The van der Waals surface area contributed by atoms with Gasteiger partial charge in [0.15, 0.2) is 0 Å². The molecular formula is C15H13N3O3S. The standard InChI is InChI=1S/C15H13N3O3S/c1-10-14(12-4-2-3-5-13(12)22(16,19)20)15(18-21-10)11-6-8-17-9-7-11/h2-9H,1H3,(H2,16,19,20). The molecule has 0 saturated heterocycles. The molecule has 0 unspecified atom stereocenters. The molecule has 0 radical (unpaired) electrons. The second-order valence-corrected chi connectivity index (χ2v) is 6.27. The largest absolute Gasteiger partial charge is 0.360 e. The minimum Gasteiger partial charge on any atom is -0.360 e. The maximum absolute atomic E-state index is 11.8. The molecule has 0 fully saturated rings. The van der Waals surface area contributed by atoms with Crippen LogP contribution in [0.15, 0.2) is 58.2 Å². The maximum Gasteiger partial charge on any atom is 0.238 e. The molecule has 2 heterocycles. The molecule has 0 aliphatic heterocycles. The average Bonchev–Trinajstić information content (AvgIpc) is 2.89. The molecule has 6 nitrogen and oxygen atoms in total. The van der Waals surface area contributed by atoms with Crippen LogP contribution in [0, 0.1) is 6.92 Å². The van der Waals surface area contributed by atoms with Crippen LogP contribution >= 0.6 is 0 Å². The van der Waals surface area contributed by atoms with Gasteiger partial charge in [-0.2, -0.15) is 0 Å². The fourth-order valence-electron chi connectivity index (χ4n) is 2.32. The number of benzene rings is 1. The van der Waals surface area contributed by atoms with Crippen LogP contribution < -0.4 is 5.14 Å². The molecule has 0 aliphatic carbocycles. The van der Waals surface area contributed by atoms with Crippen LogP contribution in [0.2, 0.25) is 0 Å². The van der Waals surface area contributed by atoms with Gasteiger partial charge in [-0.25, -0.2) is 13.6 Å². The minimum atomic E-state index is -3.86. The number of hydrogen-bond acceptors (Lipinski definition) is 5. The van der Waals surface area contributed by atoms with Crippen molar-refractivity contribution < 1.29 is 12.9 Å². The predicted octanol–water partition coefficient (Wildman–Crippen LogP) is 2.36. The van der Waals surface area contributed by atoms with Crippen molar-refractivity contribution in [2.24, 2.45) is 5.14 Å². The fraction of sp³-hybridized carbons (Fsp3) is 0.0667. The zero-order valence-corrected chi connectivity index (χ0v) is 12.5. The Morgan fingerprint density at radius 2 is 1.77 bits per heavy atom. The Morgan fingerprint density at radius 3 is 2.45 bits per heavy atom. The first-order valence-corrected chi connectivity index (χ1v) is 8.02. The summed E-state index contributed by atoms with van der Waals surface area (Å²) in [6.45, 7) is 1.73. The van der Waals surface area contributed by atoms with Gasteiger partial charge in [-0.3, -0.25) is 4.98 Å². The summed E-state index contributed by atoms with van der Waals surface area (Å²) >= 11 is 0. The Hall–Kier alpha value is -2.51. The Morgan fingerprint density at radius 1 is 1.09 bits per heavy atom. The van der Waals surface area contributed by atoms with Crippen LogP contribution in [0.1, 0.15) is 5.76 Å². The third-order valence-corrected chi connectivity index (χ3v) is 4.25. The molecule has 22 heavy (non-hydrogen) atoms. The van der Waals surface area contributed by atoms with E-state index in [-0.39, 0.29) is 4.90 Å². The quantitative estimate of drug-likeness (QED) is 0.800. The van der Waals surface area contributed by atoms with E-state index >= 15 is 0 Å². The number of primary sulfonamides is 1. The van der Waals surface area contributed by atoms with Crippen molar-refractivity contribution in [1.29, 1.82) is 0 Å². The number of rotatable bonds is 3. The van der Waals surface area contributed by atoms with Gasteiger partial charge in [0.05, 0.1) is 10.5 Å². The molecule has 112 valence electrons. The number of nitrogens with zero attached hydrogens (tertiary/aromatic N) is 2. The second-order valence-electron chi connectivity index (χ2n) is 4.74. The fourth-order valence-corrected chi connectivity index (χ4v) is 3.06. The third kappa shape index (κ3) is 2.51. The molecule has 0 atom stereocenters. The highest BCUT2D eigenvalue weighted by Gasteiger charge is 2.22. The molecule has 3 aromatic rings. The SMILES string of the molecule is Cc1onc(-c2ccncc2)c1-c1ccccc1S(N)(=O)=O. The smallest absolute Gasteiger partial charge is 0.238 e. The van der Waals surface area contributed by atoms with Crippen molar-refractivity contribution in [3.63, 3.8) is 0 Å². The van der Waals surface area contributed by atoms with E-state index in [1.165, 1.54) is 6.07 Å². The van der Waals surface area contributed by atoms with Crippen molar-refractivity contribution in [2.75, 3.05) is 0 Å². The summed E-state index contributed by atoms with van der Waals surface area (Å²) in [6.07, 6.45) is 3.27. The molecule has 0 saturated carbocycles. The molecule has 3 rings (SSSR count). The van der Waals surface area contributed by atoms with Gasteiger partial charge in [0.25, 0.3) is 0 Å². The van der Waals surface area contributed by atoms with Crippen molar-refractivity contribution in [1.82, 2.24) is 10.1 Å². The number of aromatic nitrogens is 2. The van der Waals surface area contributed by atoms with Crippen molar-refractivity contribution in [3.05, 3.63) is 54.6 Å². The first kappa shape index (κ1) is 14.4. The topological polar surface area (TPSA) is 99.1 Å². The highest BCUT2D eigenvalue weighted by Crippen LogP contribution is 2.36. The second kappa shape index (κ2) is 5.36. The summed E-state index contributed by atoms with van der Waals surface area (Å²) in [6, 6.07) is 10.1. The zero-order valence-electron chi connectivity index (χ0n) is 11.7. The monoisotopic (exact) mass is 315 g/mol. The summed E-state index contributed by atoms with van der Waals surface area (Å²) in [7, 11) is -3.86. The van der Waals surface area contributed by atoms with Gasteiger partial charge in [-0.15, -0.1) is 0 Å². The number of pyridine rings is 1. The van der Waals surface area contributed by atoms with Crippen molar-refractivity contribution in [3.8, 4) is 22.4 Å². The van der Waals surface area contributed by atoms with E-state index < -0.39 is 10.0 Å². The van der Waals surface area contributed by atoms with E-state index in [1.807, 2.05) is 0 Å². The number of nitrogens with two attached hydrogens (primary N) is 1. The molecular weight excluding hydrogens is 302 g/mol. The van der Waals surface area contributed by atoms with Gasteiger partial charge >= 0.3 is 0 Å². The summed E-state index contributed by atoms with van der Waals surface area (Å²) in [5.41, 5.74) is 2.41. The Kier molecular flexibility index (Phi) is 3.51. The lowest BCUT2D eigenvalue weighted by Crippen LogP contribution is -2.13. The number of hydrogen-bond donors (Lipinski definition) is 1. The van der Waals surface area contributed by atoms with Gasteiger partial charge < -0.3 is 4.52 Å².